The summed E-state index contributed by atoms with van der Waals surface area (Å²) in [6, 6.07) is -12.0. The van der Waals surface area contributed by atoms with Crippen LogP contribution < -0.4 is 98.2 Å². The average molecular weight is 1460 g/mol. The number of rotatable bonds is 48. The lowest BCUT2D eigenvalue weighted by Crippen LogP contribution is -2.62. The van der Waals surface area contributed by atoms with Gasteiger partial charge in [-0.1, -0.05) is 78.3 Å². The van der Waals surface area contributed by atoms with E-state index < -0.39 is 211 Å². The summed E-state index contributed by atoms with van der Waals surface area (Å²) in [5.74, 6) is -18.9. The number of nitrogens with one attached hydrogen (secondary N) is 13. The standard InChI is InChI=1S/C63H101N21O19/c1-8-32(6)48(65)60(101)83-44(28-85)59(100)77-37(17-13-21-72-63(69)103)54(95)84-49(31(4)5)61(102)82-42(25-45(64)86)58(99)79-40(22-30(2)3)56(97)81-43(26-47(89)90)55(96)74-33(7)51(92)75-38(18-19-46(87)88)53(94)80-41(23-34-14-10-9-11-15-34)57(98)76-36(16-12-20-71-62(67)68)52(93)78-39(50(66)91)24-35-27-70-29-73-35/h9-11,14-15,27,29-33,36-44,48-49,85H,8,12-13,16-26,28,65H2,1-7H3,(H2,64,86)(H2,66,91)(H,70,73)(H,74,96)(H,75,92)(H,76,98)(H,77,100)(H,78,93)(H,79,99)(H,80,94)(H,81,97)(H,82,102)(H,83,101)(H,84,95)(H,87,88)(H,89,90)(H4,67,68,71)(H3,69,72,103)/t32-,33-,36-,37-,38-,39-,40-,41-,42-,43-,44-,48-,49-/m0/s1. The lowest BCUT2D eigenvalue weighted by molar-refractivity contribution is -0.142. The molecule has 103 heavy (non-hydrogen) atoms. The predicted octanol–water partition coefficient (Wildman–Crippen LogP) is -7.18. The van der Waals surface area contributed by atoms with Crippen LogP contribution in [0.2, 0.25) is 0 Å². The number of hydrogen-bond acceptors (Lipinski definition) is 20. The molecule has 572 valence electrons. The molecule has 0 unspecified atom stereocenters. The van der Waals surface area contributed by atoms with E-state index in [1.165, 1.54) is 26.4 Å². The van der Waals surface area contributed by atoms with E-state index in [1.54, 1.807) is 58.0 Å². The summed E-state index contributed by atoms with van der Waals surface area (Å²) in [6.45, 7) is 9.69. The maximum atomic E-state index is 14.4. The predicted molar refractivity (Wildman–Crippen MR) is 367 cm³/mol. The van der Waals surface area contributed by atoms with Crippen molar-refractivity contribution in [3.63, 3.8) is 0 Å². The lowest BCUT2D eigenvalue weighted by Gasteiger charge is -2.29. The maximum absolute atomic E-state index is 14.4. The van der Waals surface area contributed by atoms with Gasteiger partial charge in [0.05, 0.1) is 31.8 Å². The number of H-pyrrole nitrogens is 1. The molecule has 0 bridgehead atoms. The molecule has 1 aromatic carbocycles. The van der Waals surface area contributed by atoms with E-state index in [4.69, 9.17) is 34.4 Å². The number of primary amides is 3. The van der Waals surface area contributed by atoms with Gasteiger partial charge in [0.1, 0.15) is 66.5 Å². The molecule has 0 fully saturated rings. The number of imidazole rings is 1. The summed E-state index contributed by atoms with van der Waals surface area (Å²) in [5.41, 5.74) is 34.2. The van der Waals surface area contributed by atoms with Gasteiger partial charge >= 0.3 is 18.0 Å². The highest BCUT2D eigenvalue weighted by Crippen LogP contribution is 2.14. The summed E-state index contributed by atoms with van der Waals surface area (Å²) < 4.78 is 0. The number of aliphatic hydroxyl groups excluding tert-OH is 1. The highest BCUT2D eigenvalue weighted by molar-refractivity contribution is 6.01. The van der Waals surface area contributed by atoms with Crippen molar-refractivity contribution >= 4 is 101 Å². The minimum absolute atomic E-state index is 0.00160. The Morgan fingerprint density at radius 2 is 1.01 bits per heavy atom. The van der Waals surface area contributed by atoms with Crippen molar-refractivity contribution in [2.24, 2.45) is 57.1 Å². The highest BCUT2D eigenvalue weighted by atomic mass is 16.4. The summed E-state index contributed by atoms with van der Waals surface area (Å²) >= 11 is 0. The SMILES string of the molecule is CC[C@H](C)[C@H](N)C(=O)N[C@@H](CO)C(=O)N[C@@H](CCCNC(N)=O)C(=O)N[C@H](C(=O)N[C@@H](CC(N)=O)C(=O)N[C@@H](CC(C)C)C(=O)N[C@@H](CC(=O)O)C(=O)N[C@@H](C)C(=O)N[C@@H](CCC(=O)O)C(=O)N[C@@H](Cc1ccccc1)C(=O)N[C@@H](CCCN=C(N)N)C(=O)N[C@@H](Cc1cnc[nH]1)C(N)=O)C(C)C. The van der Waals surface area contributed by atoms with Gasteiger partial charge in [-0.15, -0.1) is 0 Å². The van der Waals surface area contributed by atoms with E-state index in [1.807, 2.05) is 0 Å². The molecule has 0 saturated heterocycles. The molecule has 13 atom stereocenters. The van der Waals surface area contributed by atoms with Crippen LogP contribution in [0.4, 0.5) is 4.79 Å². The van der Waals surface area contributed by atoms with E-state index in [0.717, 1.165) is 6.92 Å². The fourth-order valence-electron chi connectivity index (χ4n) is 9.83. The molecule has 40 heteroatoms. The van der Waals surface area contributed by atoms with E-state index in [2.05, 4.69) is 78.8 Å². The van der Waals surface area contributed by atoms with Crippen molar-refractivity contribution < 1.29 is 92.0 Å². The average Bonchev–Trinajstić information content (AvgIpc) is 1.19. The minimum Gasteiger partial charge on any atom is -0.481 e. The number of urea groups is 1. The number of guanidine groups is 1. The fourth-order valence-corrected chi connectivity index (χ4v) is 9.83. The Kier molecular flexibility index (Phi) is 38.4. The number of nitrogens with two attached hydrogens (primary N) is 6. The molecule has 0 saturated carbocycles. The van der Waals surface area contributed by atoms with E-state index >= 15 is 0 Å². The maximum Gasteiger partial charge on any atom is 0.312 e. The molecule has 0 radical (unpaired) electrons. The third-order valence-corrected chi connectivity index (χ3v) is 15.8. The number of nitrogens with zero attached hydrogens (tertiary/aromatic N) is 2. The topological polar surface area (TPSA) is 675 Å². The van der Waals surface area contributed by atoms with Gasteiger partial charge in [-0.3, -0.25) is 76.9 Å². The monoisotopic (exact) mass is 1460 g/mol. The molecule has 15 amide bonds. The first kappa shape index (κ1) is 88.0. The Morgan fingerprint density at radius 3 is 1.53 bits per heavy atom. The molecule has 2 rings (SSSR count). The first-order valence-corrected chi connectivity index (χ1v) is 33.2. The molecule has 0 spiro atoms. The van der Waals surface area contributed by atoms with Gasteiger partial charge in [-0.2, -0.15) is 0 Å². The van der Waals surface area contributed by atoms with E-state index in [9.17, 15) is 92.0 Å². The molecule has 0 aliphatic rings. The van der Waals surface area contributed by atoms with Gasteiger partial charge in [0, 0.05) is 44.2 Å². The number of carboxylic acids is 2. The normalized spacial score (nSPS) is 14.8. The Hall–Kier alpha value is -11.1. The summed E-state index contributed by atoms with van der Waals surface area (Å²) in [4.78, 5) is 224. The molecule has 0 aliphatic carbocycles. The van der Waals surface area contributed by atoms with Crippen LogP contribution in [0.1, 0.15) is 124 Å². The zero-order chi connectivity index (χ0) is 77.8. The number of aliphatic imine (C=N–C) groups is 1. The number of carbonyl (C=O) groups excluding carboxylic acids is 14. The largest absolute Gasteiger partial charge is 0.481 e. The second kappa shape index (κ2) is 44.9. The fraction of sp³-hybridized carbons (Fsp3) is 0.587. The van der Waals surface area contributed by atoms with Crippen LogP contribution in [0.15, 0.2) is 47.8 Å². The van der Waals surface area contributed by atoms with Gasteiger partial charge in [0.2, 0.25) is 76.8 Å². The number of aliphatic hydroxyl groups is 1. The highest BCUT2D eigenvalue weighted by Gasteiger charge is 2.38. The molecule has 40 nitrogen and oxygen atoms in total. The van der Waals surface area contributed by atoms with Crippen LogP contribution in [-0.4, -0.2) is 218 Å². The first-order valence-electron chi connectivity index (χ1n) is 33.2. The van der Waals surface area contributed by atoms with Gasteiger partial charge in [-0.05, 0) is 68.8 Å². The minimum atomic E-state index is -2.03. The van der Waals surface area contributed by atoms with Crippen molar-refractivity contribution in [1.82, 2.24) is 73.8 Å². The van der Waals surface area contributed by atoms with Gasteiger partial charge < -0.3 is 119 Å². The molecular formula is C63H101N21O19. The van der Waals surface area contributed by atoms with Crippen LogP contribution >= 0.6 is 0 Å². The third-order valence-electron chi connectivity index (χ3n) is 15.8. The van der Waals surface area contributed by atoms with Crippen molar-refractivity contribution in [3.05, 3.63) is 54.1 Å². The second-order valence-electron chi connectivity index (χ2n) is 25.2. The molecule has 1 aromatic heterocycles. The van der Waals surface area contributed by atoms with Crippen molar-refractivity contribution in [2.75, 3.05) is 19.7 Å². The smallest absolute Gasteiger partial charge is 0.312 e. The van der Waals surface area contributed by atoms with Crippen molar-refractivity contribution in [3.8, 4) is 0 Å². The Bertz CT molecular complexity index is 3260. The quantitative estimate of drug-likeness (QED) is 0.0166. The lowest BCUT2D eigenvalue weighted by atomic mass is 9.99. The van der Waals surface area contributed by atoms with Crippen LogP contribution in [0.25, 0.3) is 0 Å². The molecule has 28 N–H and O–H groups in total. The van der Waals surface area contributed by atoms with Gasteiger partial charge in [0.15, 0.2) is 5.96 Å². The van der Waals surface area contributed by atoms with Crippen LogP contribution in [0.5, 0.6) is 0 Å². The molecule has 0 aliphatic heterocycles. The van der Waals surface area contributed by atoms with E-state index in [0.29, 0.717) is 17.7 Å². The van der Waals surface area contributed by atoms with Crippen LogP contribution in [0, 0.1) is 17.8 Å². The van der Waals surface area contributed by atoms with E-state index in [-0.39, 0.29) is 69.9 Å². The molecule has 2 aromatic rings. The Balaban J connectivity index is 2.44. The number of benzene rings is 1. The van der Waals surface area contributed by atoms with Crippen molar-refractivity contribution in [1.29, 1.82) is 0 Å². The number of hydrogen-bond donors (Lipinski definition) is 22. The second-order valence-corrected chi connectivity index (χ2v) is 25.2. The Labute approximate surface area is 593 Å². The number of aromatic amines is 1. The number of aromatic nitrogens is 2. The van der Waals surface area contributed by atoms with Crippen LogP contribution in [0.3, 0.4) is 0 Å². The number of carbonyl (C=O) groups is 16. The third kappa shape index (κ3) is 33.3. The summed E-state index contributed by atoms with van der Waals surface area (Å²) in [6.07, 6.45) is -1.11. The summed E-state index contributed by atoms with van der Waals surface area (Å²) in [7, 11) is 0. The number of carboxylic acid groups (broad SMARTS) is 2. The van der Waals surface area contributed by atoms with Gasteiger partial charge in [0.25, 0.3) is 0 Å². The number of aliphatic carboxylic acids is 2. The van der Waals surface area contributed by atoms with Gasteiger partial charge in [-0.25, -0.2) is 9.78 Å². The number of amides is 15. The van der Waals surface area contributed by atoms with Crippen LogP contribution in [-0.2, 0) is 84.8 Å². The molecule has 1 heterocycles. The first-order chi connectivity index (χ1) is 48.4. The zero-order valence-electron chi connectivity index (χ0n) is 58.5. The molecular weight excluding hydrogens is 1350 g/mol. The van der Waals surface area contributed by atoms with Crippen molar-refractivity contribution in [2.45, 2.75) is 198 Å². The summed E-state index contributed by atoms with van der Waals surface area (Å²) in [5, 5.41) is 58.3. The Morgan fingerprint density at radius 1 is 0.524 bits per heavy atom. The zero-order valence-corrected chi connectivity index (χ0v) is 58.5.